The van der Waals surface area contributed by atoms with E-state index in [2.05, 4.69) is 15.9 Å². The Hall–Kier alpha value is -1.16. The molecule has 0 N–H and O–H groups in total. The third kappa shape index (κ3) is 2.30. The van der Waals surface area contributed by atoms with Crippen LogP contribution in [0.3, 0.4) is 0 Å². The first-order valence-corrected chi connectivity index (χ1v) is 7.92. The second-order valence-electron chi connectivity index (χ2n) is 6.11. The maximum absolute atomic E-state index is 12.5. The van der Waals surface area contributed by atoms with E-state index in [1.807, 2.05) is 25.1 Å². The fourth-order valence-electron chi connectivity index (χ4n) is 3.62. The first-order valence-electron chi connectivity index (χ1n) is 7.13. The van der Waals surface area contributed by atoms with Crippen molar-refractivity contribution in [3.8, 4) is 0 Å². The van der Waals surface area contributed by atoms with E-state index in [1.54, 1.807) is 0 Å². The summed E-state index contributed by atoms with van der Waals surface area (Å²) in [5, 5.41) is 0. The highest BCUT2D eigenvalue weighted by molar-refractivity contribution is 9.10. The Kier molecular flexibility index (Phi) is 3.44. The molecule has 20 heavy (non-hydrogen) atoms. The number of amides is 2. The highest BCUT2D eigenvalue weighted by Gasteiger charge is 2.45. The van der Waals surface area contributed by atoms with Gasteiger partial charge in [0, 0.05) is 17.3 Å². The third-order valence-corrected chi connectivity index (χ3v) is 5.11. The van der Waals surface area contributed by atoms with Gasteiger partial charge in [0.25, 0.3) is 0 Å². The molecular formula is C16H18BrNO2. The van der Waals surface area contributed by atoms with Crippen LogP contribution in [0.2, 0.25) is 0 Å². The van der Waals surface area contributed by atoms with E-state index in [0.717, 1.165) is 41.4 Å². The summed E-state index contributed by atoms with van der Waals surface area (Å²) < 4.78 is 0.961. The summed E-state index contributed by atoms with van der Waals surface area (Å²) >= 11 is 3.41. The molecule has 2 amide bonds. The number of halogens is 1. The number of piperidine rings is 1. The average Bonchev–Trinajstić information content (AvgIpc) is 2.79. The van der Waals surface area contributed by atoms with Crippen molar-refractivity contribution in [1.29, 1.82) is 0 Å². The lowest BCUT2D eigenvalue weighted by molar-refractivity contribution is -0.133. The average molecular weight is 336 g/mol. The molecule has 2 aliphatic rings. The van der Waals surface area contributed by atoms with E-state index in [9.17, 15) is 9.59 Å². The van der Waals surface area contributed by atoms with Crippen LogP contribution in [-0.4, -0.2) is 11.8 Å². The van der Waals surface area contributed by atoms with Crippen LogP contribution in [0, 0.1) is 12.3 Å². The van der Waals surface area contributed by atoms with Crippen LogP contribution in [0.5, 0.6) is 0 Å². The van der Waals surface area contributed by atoms with Gasteiger partial charge in [-0.2, -0.15) is 0 Å². The predicted molar refractivity (Wildman–Crippen MR) is 81.5 cm³/mol. The van der Waals surface area contributed by atoms with Gasteiger partial charge in [-0.05, 0) is 48.9 Å². The van der Waals surface area contributed by atoms with Crippen molar-refractivity contribution in [2.75, 3.05) is 4.90 Å². The van der Waals surface area contributed by atoms with Crippen LogP contribution < -0.4 is 4.90 Å². The lowest BCUT2D eigenvalue weighted by atomic mass is 9.76. The Bertz CT molecular complexity index is 556. The van der Waals surface area contributed by atoms with Gasteiger partial charge in [0.2, 0.25) is 11.8 Å². The molecule has 0 unspecified atom stereocenters. The molecule has 0 aromatic heterocycles. The summed E-state index contributed by atoms with van der Waals surface area (Å²) in [6.07, 6.45) is 5.40. The van der Waals surface area contributed by atoms with Gasteiger partial charge in [0.15, 0.2) is 0 Å². The first kappa shape index (κ1) is 13.8. The molecule has 1 saturated carbocycles. The van der Waals surface area contributed by atoms with Crippen molar-refractivity contribution >= 4 is 33.4 Å². The number of benzene rings is 1. The number of anilines is 1. The zero-order valence-corrected chi connectivity index (χ0v) is 13.2. The van der Waals surface area contributed by atoms with Crippen molar-refractivity contribution in [3.05, 3.63) is 28.2 Å². The SMILES string of the molecule is Cc1cc(Br)ccc1N1C(=O)CC2(CCCC2)CC1=O. The fraction of sp³-hybridized carbons (Fsp3) is 0.500. The number of rotatable bonds is 1. The molecule has 1 aromatic rings. The summed E-state index contributed by atoms with van der Waals surface area (Å²) in [5.41, 5.74) is 1.65. The molecule has 3 nitrogen and oxygen atoms in total. The molecular weight excluding hydrogens is 318 g/mol. The Morgan fingerprint density at radius 1 is 1.10 bits per heavy atom. The number of hydrogen-bond acceptors (Lipinski definition) is 2. The highest BCUT2D eigenvalue weighted by atomic mass is 79.9. The Balaban J connectivity index is 1.91. The van der Waals surface area contributed by atoms with E-state index in [0.29, 0.717) is 12.8 Å². The molecule has 4 heteroatoms. The zero-order valence-electron chi connectivity index (χ0n) is 11.6. The molecule has 0 bridgehead atoms. The number of imide groups is 1. The van der Waals surface area contributed by atoms with Gasteiger partial charge < -0.3 is 0 Å². The molecule has 1 aliphatic heterocycles. The van der Waals surface area contributed by atoms with Gasteiger partial charge in [-0.3, -0.25) is 14.5 Å². The number of aryl methyl sites for hydroxylation is 1. The summed E-state index contributed by atoms with van der Waals surface area (Å²) in [7, 11) is 0. The van der Waals surface area contributed by atoms with E-state index >= 15 is 0 Å². The maximum Gasteiger partial charge on any atom is 0.234 e. The van der Waals surface area contributed by atoms with Crippen molar-refractivity contribution in [1.82, 2.24) is 0 Å². The van der Waals surface area contributed by atoms with Gasteiger partial charge >= 0.3 is 0 Å². The molecule has 1 heterocycles. The topological polar surface area (TPSA) is 37.4 Å². The van der Waals surface area contributed by atoms with Crippen LogP contribution in [0.25, 0.3) is 0 Å². The van der Waals surface area contributed by atoms with Crippen LogP contribution in [-0.2, 0) is 9.59 Å². The molecule has 1 aliphatic carbocycles. The van der Waals surface area contributed by atoms with Crippen LogP contribution in [0.4, 0.5) is 5.69 Å². The van der Waals surface area contributed by atoms with Crippen molar-refractivity contribution in [2.24, 2.45) is 5.41 Å². The van der Waals surface area contributed by atoms with Crippen LogP contribution >= 0.6 is 15.9 Å². The summed E-state index contributed by atoms with van der Waals surface area (Å²) in [6, 6.07) is 5.67. The molecule has 106 valence electrons. The van der Waals surface area contributed by atoms with Crippen LogP contribution in [0.15, 0.2) is 22.7 Å². The first-order chi connectivity index (χ1) is 9.51. The Morgan fingerprint density at radius 2 is 1.70 bits per heavy atom. The highest BCUT2D eigenvalue weighted by Crippen LogP contribution is 2.47. The number of hydrogen-bond donors (Lipinski definition) is 0. The van der Waals surface area contributed by atoms with Gasteiger partial charge in [-0.15, -0.1) is 0 Å². The number of carbonyl (C=O) groups is 2. The molecule has 2 fully saturated rings. The molecule has 1 saturated heterocycles. The van der Waals surface area contributed by atoms with E-state index in [1.165, 1.54) is 4.90 Å². The summed E-state index contributed by atoms with van der Waals surface area (Å²) in [6.45, 7) is 1.93. The number of nitrogens with zero attached hydrogens (tertiary/aromatic N) is 1. The van der Waals surface area contributed by atoms with Crippen molar-refractivity contribution in [3.63, 3.8) is 0 Å². The number of carbonyl (C=O) groups excluding carboxylic acids is 2. The van der Waals surface area contributed by atoms with Gasteiger partial charge in [0.05, 0.1) is 5.69 Å². The second-order valence-corrected chi connectivity index (χ2v) is 7.03. The standard InChI is InChI=1S/C16H18BrNO2/c1-11-8-12(17)4-5-13(11)18-14(19)9-16(10-15(18)20)6-2-3-7-16/h4-5,8H,2-3,6-7,9-10H2,1H3. The lowest BCUT2D eigenvalue weighted by Crippen LogP contribution is -2.47. The van der Waals surface area contributed by atoms with E-state index in [-0.39, 0.29) is 17.2 Å². The molecule has 0 atom stereocenters. The van der Waals surface area contributed by atoms with Gasteiger partial charge in [-0.25, -0.2) is 0 Å². The van der Waals surface area contributed by atoms with Crippen LogP contribution in [0.1, 0.15) is 44.1 Å². The fourth-order valence-corrected chi connectivity index (χ4v) is 4.09. The minimum absolute atomic E-state index is 0.0337. The van der Waals surface area contributed by atoms with Crippen molar-refractivity contribution in [2.45, 2.75) is 45.4 Å². The molecule has 1 spiro atoms. The largest absolute Gasteiger partial charge is 0.274 e. The molecule has 3 rings (SSSR count). The van der Waals surface area contributed by atoms with Gasteiger partial charge in [-0.1, -0.05) is 28.8 Å². The monoisotopic (exact) mass is 335 g/mol. The van der Waals surface area contributed by atoms with Gasteiger partial charge in [0.1, 0.15) is 0 Å². The van der Waals surface area contributed by atoms with E-state index < -0.39 is 0 Å². The Morgan fingerprint density at radius 3 is 2.25 bits per heavy atom. The maximum atomic E-state index is 12.5. The minimum atomic E-state index is -0.0338. The minimum Gasteiger partial charge on any atom is -0.274 e. The Labute approximate surface area is 127 Å². The predicted octanol–water partition coefficient (Wildman–Crippen LogP) is 3.97. The van der Waals surface area contributed by atoms with E-state index in [4.69, 9.17) is 0 Å². The second kappa shape index (κ2) is 4.99. The molecule has 1 aromatic carbocycles. The smallest absolute Gasteiger partial charge is 0.234 e. The van der Waals surface area contributed by atoms with Crippen molar-refractivity contribution < 1.29 is 9.59 Å². The third-order valence-electron chi connectivity index (χ3n) is 4.62. The molecule has 0 radical (unpaired) electrons. The summed E-state index contributed by atoms with van der Waals surface area (Å²) in [4.78, 5) is 26.4. The zero-order chi connectivity index (χ0) is 14.3. The summed E-state index contributed by atoms with van der Waals surface area (Å²) in [5.74, 6) is -0.0675. The normalized spacial score (nSPS) is 21.8. The quantitative estimate of drug-likeness (QED) is 0.728. The lowest BCUT2D eigenvalue weighted by Gasteiger charge is -2.37.